The number of likely N-dealkylation sites (tertiary alicyclic amines) is 1. The van der Waals surface area contributed by atoms with Gasteiger partial charge in [0.1, 0.15) is 6.04 Å². The zero-order valence-corrected chi connectivity index (χ0v) is 15.8. The summed E-state index contributed by atoms with van der Waals surface area (Å²) >= 11 is 0. The molecule has 0 aromatic heterocycles. The van der Waals surface area contributed by atoms with Crippen LogP contribution in [0.4, 0.5) is 5.69 Å². The van der Waals surface area contributed by atoms with Gasteiger partial charge in [-0.1, -0.05) is 12.2 Å². The van der Waals surface area contributed by atoms with Gasteiger partial charge in [0.05, 0.1) is 11.8 Å². The number of imide groups is 1. The summed E-state index contributed by atoms with van der Waals surface area (Å²) in [5.41, 5.74) is 1.09. The van der Waals surface area contributed by atoms with Crippen LogP contribution in [0.3, 0.4) is 0 Å². The molecule has 1 aliphatic heterocycles. The fourth-order valence-electron chi connectivity index (χ4n) is 5.51. The van der Waals surface area contributed by atoms with Gasteiger partial charge in [-0.3, -0.25) is 24.1 Å². The topological polar surface area (TPSA) is 83.6 Å². The van der Waals surface area contributed by atoms with Gasteiger partial charge >= 0.3 is 0 Å². The Hall–Kier alpha value is -2.76. The Morgan fingerprint density at radius 3 is 2.04 bits per heavy atom. The van der Waals surface area contributed by atoms with E-state index in [2.05, 4.69) is 17.5 Å². The molecule has 1 N–H and O–H groups in total. The van der Waals surface area contributed by atoms with E-state index >= 15 is 0 Å². The molecule has 1 aromatic carbocycles. The monoisotopic (exact) mass is 378 g/mol. The van der Waals surface area contributed by atoms with Gasteiger partial charge in [-0.2, -0.15) is 0 Å². The van der Waals surface area contributed by atoms with Crippen LogP contribution >= 0.6 is 0 Å². The molecule has 28 heavy (non-hydrogen) atoms. The fourth-order valence-corrected chi connectivity index (χ4v) is 5.51. The molecule has 5 aliphatic rings. The Morgan fingerprint density at radius 2 is 1.54 bits per heavy atom. The summed E-state index contributed by atoms with van der Waals surface area (Å²) in [6, 6.07) is 5.70. The molecule has 1 heterocycles. The lowest BCUT2D eigenvalue weighted by atomic mass is 9.63. The van der Waals surface area contributed by atoms with Crippen LogP contribution in [0.5, 0.6) is 0 Å². The third kappa shape index (κ3) is 2.33. The van der Waals surface area contributed by atoms with E-state index in [1.807, 2.05) is 0 Å². The maximum atomic E-state index is 13.1. The summed E-state index contributed by atoms with van der Waals surface area (Å²) in [5.74, 6) is -0.0681. The van der Waals surface area contributed by atoms with Crippen molar-refractivity contribution in [1.82, 2.24) is 4.90 Å². The van der Waals surface area contributed by atoms with E-state index in [0.29, 0.717) is 23.1 Å². The van der Waals surface area contributed by atoms with Gasteiger partial charge in [0, 0.05) is 11.3 Å². The van der Waals surface area contributed by atoms with Crippen molar-refractivity contribution >= 4 is 29.2 Å². The first kappa shape index (κ1) is 17.3. The minimum atomic E-state index is -0.867. The van der Waals surface area contributed by atoms with Crippen LogP contribution in [0.2, 0.25) is 0 Å². The molecule has 2 saturated carbocycles. The van der Waals surface area contributed by atoms with Crippen LogP contribution in [-0.2, 0) is 14.4 Å². The van der Waals surface area contributed by atoms with Crippen molar-refractivity contribution in [3.8, 4) is 0 Å². The summed E-state index contributed by atoms with van der Waals surface area (Å²) in [6.07, 6.45) is 5.36. The SMILES string of the molecule is CC(=O)c1ccc(NC(=O)[C@H](C)N2C(=O)[C@@H]3[C@H]4C=C[C@@H]([C@@H]5C[C@@H]45)[C@H]3C2=O)cc1. The summed E-state index contributed by atoms with van der Waals surface area (Å²) in [4.78, 5) is 51.4. The molecule has 3 amide bonds. The van der Waals surface area contributed by atoms with E-state index < -0.39 is 11.9 Å². The summed E-state index contributed by atoms with van der Waals surface area (Å²) in [5, 5.41) is 2.75. The number of anilines is 1. The van der Waals surface area contributed by atoms with Gasteiger partial charge in [-0.05, 0) is 68.2 Å². The number of rotatable bonds is 4. The van der Waals surface area contributed by atoms with Crippen LogP contribution in [0.15, 0.2) is 36.4 Å². The van der Waals surface area contributed by atoms with Crippen molar-refractivity contribution in [2.45, 2.75) is 26.3 Å². The zero-order valence-electron chi connectivity index (χ0n) is 15.8. The van der Waals surface area contributed by atoms with E-state index in [0.717, 1.165) is 6.42 Å². The van der Waals surface area contributed by atoms with Crippen LogP contribution in [0.1, 0.15) is 30.6 Å². The first-order chi connectivity index (χ1) is 13.4. The highest BCUT2D eigenvalue weighted by Crippen LogP contribution is 2.65. The molecule has 6 nitrogen and oxygen atoms in total. The van der Waals surface area contributed by atoms with Gasteiger partial charge in [0.25, 0.3) is 0 Å². The lowest BCUT2D eigenvalue weighted by Crippen LogP contribution is -2.46. The third-order valence-corrected chi connectivity index (χ3v) is 7.02. The van der Waals surface area contributed by atoms with E-state index in [9.17, 15) is 19.2 Å². The predicted molar refractivity (Wildman–Crippen MR) is 101 cm³/mol. The number of nitrogens with zero attached hydrogens (tertiary/aromatic N) is 1. The molecular weight excluding hydrogens is 356 g/mol. The Bertz CT molecular complexity index is 898. The molecule has 4 aliphatic carbocycles. The lowest BCUT2D eigenvalue weighted by molar-refractivity contribution is -0.146. The molecule has 0 spiro atoms. The number of allylic oxidation sites excluding steroid dienone is 2. The number of ketones is 1. The maximum absolute atomic E-state index is 13.1. The molecular formula is C22H22N2O4. The standard InChI is InChI=1S/C22H22N2O4/c1-10(20(26)23-13-5-3-12(4-6-13)11(2)25)24-21(27)18-14-7-8-15(17-9-16(14)17)19(18)22(24)28/h3-8,10,14-19H,9H2,1-2H3,(H,23,26)/t10-,14-,15-,16-,17-,18+,19+/m0/s1. The van der Waals surface area contributed by atoms with Gasteiger partial charge < -0.3 is 5.32 Å². The average Bonchev–Trinajstić information content (AvgIpc) is 3.45. The Labute approximate surface area is 163 Å². The first-order valence-corrected chi connectivity index (χ1v) is 9.85. The van der Waals surface area contributed by atoms with Crippen LogP contribution < -0.4 is 5.32 Å². The quantitative estimate of drug-likeness (QED) is 0.495. The van der Waals surface area contributed by atoms with E-state index in [1.54, 1.807) is 31.2 Å². The number of nitrogens with one attached hydrogen (secondary N) is 1. The Kier molecular flexibility index (Phi) is 3.63. The van der Waals surface area contributed by atoms with Crippen molar-refractivity contribution in [3.63, 3.8) is 0 Å². The second kappa shape index (κ2) is 5.87. The fraction of sp³-hybridized carbons (Fsp3) is 0.455. The number of amides is 3. The molecule has 6 heteroatoms. The van der Waals surface area contributed by atoms with Gasteiger partial charge in [0.15, 0.2) is 5.78 Å². The molecule has 1 saturated heterocycles. The number of hydrogen-bond donors (Lipinski definition) is 1. The highest BCUT2D eigenvalue weighted by Gasteiger charge is 2.67. The van der Waals surface area contributed by atoms with E-state index in [1.165, 1.54) is 11.8 Å². The van der Waals surface area contributed by atoms with Gasteiger partial charge in [-0.25, -0.2) is 0 Å². The predicted octanol–water partition coefficient (Wildman–Crippen LogP) is 2.27. The molecule has 1 aromatic rings. The molecule has 7 atom stereocenters. The van der Waals surface area contributed by atoms with Crippen molar-refractivity contribution in [2.24, 2.45) is 35.5 Å². The van der Waals surface area contributed by atoms with E-state index in [4.69, 9.17) is 0 Å². The van der Waals surface area contributed by atoms with Crippen molar-refractivity contribution in [3.05, 3.63) is 42.0 Å². The largest absolute Gasteiger partial charge is 0.324 e. The minimum Gasteiger partial charge on any atom is -0.324 e. The van der Waals surface area contributed by atoms with Gasteiger partial charge in [0.2, 0.25) is 17.7 Å². The maximum Gasteiger partial charge on any atom is 0.247 e. The number of carbonyl (C=O) groups is 4. The lowest BCUT2D eigenvalue weighted by Gasteiger charge is -2.37. The summed E-state index contributed by atoms with van der Waals surface area (Å²) in [6.45, 7) is 3.08. The van der Waals surface area contributed by atoms with Crippen LogP contribution in [0.25, 0.3) is 0 Å². The number of Topliss-reactive ketones (excluding diaryl/α,β-unsaturated/α-hetero) is 1. The molecule has 0 radical (unpaired) electrons. The highest BCUT2D eigenvalue weighted by molar-refractivity contribution is 6.10. The van der Waals surface area contributed by atoms with Crippen molar-refractivity contribution in [2.75, 3.05) is 5.32 Å². The normalized spacial score (nSPS) is 35.4. The smallest absolute Gasteiger partial charge is 0.247 e. The van der Waals surface area contributed by atoms with Crippen molar-refractivity contribution < 1.29 is 19.2 Å². The van der Waals surface area contributed by atoms with E-state index in [-0.39, 0.29) is 41.3 Å². The minimum absolute atomic E-state index is 0.0524. The third-order valence-electron chi connectivity index (χ3n) is 7.02. The van der Waals surface area contributed by atoms with Crippen molar-refractivity contribution in [1.29, 1.82) is 0 Å². The number of carbonyl (C=O) groups excluding carboxylic acids is 4. The number of benzene rings is 1. The second-order valence-corrected chi connectivity index (χ2v) is 8.50. The average molecular weight is 378 g/mol. The molecule has 144 valence electrons. The first-order valence-electron chi connectivity index (χ1n) is 9.85. The number of hydrogen-bond acceptors (Lipinski definition) is 4. The summed E-state index contributed by atoms with van der Waals surface area (Å²) < 4.78 is 0. The Morgan fingerprint density at radius 1 is 1.00 bits per heavy atom. The molecule has 0 unspecified atom stereocenters. The summed E-state index contributed by atoms with van der Waals surface area (Å²) in [7, 11) is 0. The Balaban J connectivity index is 1.33. The molecule has 3 fully saturated rings. The highest BCUT2D eigenvalue weighted by atomic mass is 16.2. The zero-order chi connectivity index (χ0) is 19.7. The molecule has 2 bridgehead atoms. The molecule has 6 rings (SSSR count). The second-order valence-electron chi connectivity index (χ2n) is 8.50. The van der Waals surface area contributed by atoms with Crippen LogP contribution in [0, 0.1) is 35.5 Å². The van der Waals surface area contributed by atoms with Gasteiger partial charge in [-0.15, -0.1) is 0 Å². The van der Waals surface area contributed by atoms with Crippen LogP contribution in [-0.4, -0.2) is 34.4 Å².